The number of likely N-dealkylation sites (tertiary alicyclic amines) is 1. The van der Waals surface area contributed by atoms with Gasteiger partial charge in [0.25, 0.3) is 0 Å². The first-order valence-electron chi connectivity index (χ1n) is 7.16. The zero-order valence-electron chi connectivity index (χ0n) is 11.7. The lowest BCUT2D eigenvalue weighted by Gasteiger charge is -2.34. The van der Waals surface area contributed by atoms with Gasteiger partial charge in [0, 0.05) is 31.9 Å². The van der Waals surface area contributed by atoms with Gasteiger partial charge < -0.3 is 4.90 Å². The van der Waals surface area contributed by atoms with Gasteiger partial charge in [-0.3, -0.25) is 10.00 Å². The molecule has 102 valence electrons. The largest absolute Gasteiger partial charge is 0.305 e. The lowest BCUT2D eigenvalue weighted by Crippen LogP contribution is -2.42. The summed E-state index contributed by atoms with van der Waals surface area (Å²) in [6, 6.07) is 0.779. The van der Waals surface area contributed by atoms with E-state index in [0.717, 1.165) is 19.0 Å². The molecule has 0 radical (unpaired) electrons. The Kier molecular flexibility index (Phi) is 5.20. The standard InChI is InChI=1S/C14H26N4/c1-13-5-3-4-7-18(13)10-9-17(2)8-6-14-11-15-16-12-14/h11-13H,3-10H2,1-2H3,(H,15,16)/t13-/m1/s1. The molecule has 0 saturated carbocycles. The Bertz CT molecular complexity index is 323. The first-order valence-corrected chi connectivity index (χ1v) is 7.16. The molecule has 2 rings (SSSR count). The summed E-state index contributed by atoms with van der Waals surface area (Å²) >= 11 is 0. The van der Waals surface area contributed by atoms with Crippen molar-refractivity contribution >= 4 is 0 Å². The van der Waals surface area contributed by atoms with Crippen LogP contribution in [0.3, 0.4) is 0 Å². The normalized spacial score (nSPS) is 21.6. The van der Waals surface area contributed by atoms with Gasteiger partial charge in [0.1, 0.15) is 0 Å². The third-order valence-corrected chi connectivity index (χ3v) is 4.05. The van der Waals surface area contributed by atoms with Crippen LogP contribution in [0, 0.1) is 0 Å². The van der Waals surface area contributed by atoms with Gasteiger partial charge in [-0.05, 0) is 45.3 Å². The second-order valence-corrected chi connectivity index (χ2v) is 5.54. The minimum Gasteiger partial charge on any atom is -0.305 e. The van der Waals surface area contributed by atoms with Gasteiger partial charge in [-0.1, -0.05) is 6.42 Å². The molecule has 2 heterocycles. The minimum atomic E-state index is 0.779. The highest BCUT2D eigenvalue weighted by Crippen LogP contribution is 2.15. The number of rotatable bonds is 6. The van der Waals surface area contributed by atoms with E-state index in [1.54, 1.807) is 0 Å². The Balaban J connectivity index is 1.63. The predicted octanol–water partition coefficient (Wildman–Crippen LogP) is 1.76. The molecule has 1 fully saturated rings. The summed E-state index contributed by atoms with van der Waals surface area (Å²) in [5.74, 6) is 0. The molecule has 1 N–H and O–H groups in total. The lowest BCUT2D eigenvalue weighted by atomic mass is 10.0. The molecule has 0 unspecified atom stereocenters. The number of piperidine rings is 1. The molecule has 0 bridgehead atoms. The molecule has 1 saturated heterocycles. The van der Waals surface area contributed by atoms with Crippen LogP contribution in [0.25, 0.3) is 0 Å². The number of aromatic nitrogens is 2. The summed E-state index contributed by atoms with van der Waals surface area (Å²) in [7, 11) is 2.22. The van der Waals surface area contributed by atoms with Crippen molar-refractivity contribution in [3.63, 3.8) is 0 Å². The molecule has 0 aliphatic carbocycles. The fourth-order valence-electron chi connectivity index (χ4n) is 2.64. The maximum atomic E-state index is 3.98. The maximum Gasteiger partial charge on any atom is 0.0519 e. The molecule has 1 aliphatic rings. The summed E-state index contributed by atoms with van der Waals surface area (Å²) < 4.78 is 0. The highest BCUT2D eigenvalue weighted by molar-refractivity contribution is 5.02. The van der Waals surface area contributed by atoms with Crippen LogP contribution < -0.4 is 0 Å². The lowest BCUT2D eigenvalue weighted by molar-refractivity contribution is 0.142. The molecule has 0 aromatic carbocycles. The zero-order valence-corrected chi connectivity index (χ0v) is 11.7. The van der Waals surface area contributed by atoms with Crippen LogP contribution >= 0.6 is 0 Å². The number of nitrogens with zero attached hydrogens (tertiary/aromatic N) is 3. The second kappa shape index (κ2) is 6.90. The average molecular weight is 250 g/mol. The number of aromatic amines is 1. The van der Waals surface area contributed by atoms with Gasteiger partial charge >= 0.3 is 0 Å². The van der Waals surface area contributed by atoms with Gasteiger partial charge in [-0.2, -0.15) is 5.10 Å². The van der Waals surface area contributed by atoms with Crippen molar-refractivity contribution in [2.75, 3.05) is 33.2 Å². The molecule has 18 heavy (non-hydrogen) atoms. The minimum absolute atomic E-state index is 0.779. The number of H-pyrrole nitrogens is 1. The van der Waals surface area contributed by atoms with Crippen molar-refractivity contribution in [2.24, 2.45) is 0 Å². The van der Waals surface area contributed by atoms with Gasteiger partial charge in [-0.15, -0.1) is 0 Å². The summed E-state index contributed by atoms with van der Waals surface area (Å²) in [5, 5.41) is 6.84. The van der Waals surface area contributed by atoms with Crippen molar-refractivity contribution in [3.05, 3.63) is 18.0 Å². The summed E-state index contributed by atoms with van der Waals surface area (Å²) in [6.45, 7) is 7.15. The molecule has 1 atom stereocenters. The van der Waals surface area contributed by atoms with Crippen LogP contribution in [0.15, 0.2) is 12.4 Å². The molecule has 4 nitrogen and oxygen atoms in total. The quantitative estimate of drug-likeness (QED) is 0.835. The number of hydrogen-bond acceptors (Lipinski definition) is 3. The predicted molar refractivity (Wildman–Crippen MR) is 74.7 cm³/mol. The second-order valence-electron chi connectivity index (χ2n) is 5.54. The Hall–Kier alpha value is -0.870. The molecule has 4 heteroatoms. The van der Waals surface area contributed by atoms with Crippen LogP contribution in [0.5, 0.6) is 0 Å². The van der Waals surface area contributed by atoms with E-state index in [0.29, 0.717) is 0 Å². The average Bonchev–Trinajstić information content (AvgIpc) is 2.88. The van der Waals surface area contributed by atoms with E-state index in [4.69, 9.17) is 0 Å². The van der Waals surface area contributed by atoms with Crippen LogP contribution in [-0.2, 0) is 6.42 Å². The SMILES string of the molecule is C[C@@H]1CCCCN1CCN(C)CCc1cn[nH]c1. The fraction of sp³-hybridized carbons (Fsp3) is 0.786. The van der Waals surface area contributed by atoms with E-state index >= 15 is 0 Å². The van der Waals surface area contributed by atoms with Gasteiger partial charge in [0.05, 0.1) is 6.20 Å². The number of nitrogens with one attached hydrogen (secondary N) is 1. The van der Waals surface area contributed by atoms with Gasteiger partial charge in [0.2, 0.25) is 0 Å². The van der Waals surface area contributed by atoms with E-state index in [1.165, 1.54) is 44.5 Å². The fourth-order valence-corrected chi connectivity index (χ4v) is 2.64. The summed E-state index contributed by atoms with van der Waals surface area (Å²) in [6.07, 6.45) is 9.15. The Labute approximate surface area is 110 Å². The van der Waals surface area contributed by atoms with Crippen molar-refractivity contribution in [2.45, 2.75) is 38.6 Å². The highest BCUT2D eigenvalue weighted by atomic mass is 15.2. The number of likely N-dealkylation sites (N-methyl/N-ethyl adjacent to an activating group) is 1. The summed E-state index contributed by atoms with van der Waals surface area (Å²) in [4.78, 5) is 5.06. The first kappa shape index (κ1) is 13.6. The third-order valence-electron chi connectivity index (χ3n) is 4.05. The molecule has 1 aliphatic heterocycles. The Morgan fingerprint density at radius 3 is 3.06 bits per heavy atom. The van der Waals surface area contributed by atoms with Gasteiger partial charge in [0.15, 0.2) is 0 Å². The van der Waals surface area contributed by atoms with Crippen molar-refractivity contribution < 1.29 is 0 Å². The molecule has 1 aromatic rings. The zero-order chi connectivity index (χ0) is 12.8. The Morgan fingerprint density at radius 1 is 1.44 bits per heavy atom. The van der Waals surface area contributed by atoms with E-state index in [9.17, 15) is 0 Å². The topological polar surface area (TPSA) is 35.2 Å². The summed E-state index contributed by atoms with van der Waals surface area (Å²) in [5.41, 5.74) is 1.30. The van der Waals surface area contributed by atoms with E-state index in [1.807, 2.05) is 12.4 Å². The van der Waals surface area contributed by atoms with E-state index in [-0.39, 0.29) is 0 Å². The molecule has 0 spiro atoms. The van der Waals surface area contributed by atoms with Crippen LogP contribution in [-0.4, -0.2) is 59.3 Å². The smallest absolute Gasteiger partial charge is 0.0519 e. The molecular weight excluding hydrogens is 224 g/mol. The number of hydrogen-bond donors (Lipinski definition) is 1. The van der Waals surface area contributed by atoms with Crippen molar-refractivity contribution in [1.82, 2.24) is 20.0 Å². The van der Waals surface area contributed by atoms with E-state index in [2.05, 4.69) is 34.0 Å². The van der Waals surface area contributed by atoms with Crippen LogP contribution in [0.4, 0.5) is 0 Å². The molecule has 1 aromatic heterocycles. The van der Waals surface area contributed by atoms with Gasteiger partial charge in [-0.25, -0.2) is 0 Å². The maximum absolute atomic E-state index is 3.98. The van der Waals surface area contributed by atoms with Crippen molar-refractivity contribution in [1.29, 1.82) is 0 Å². The van der Waals surface area contributed by atoms with E-state index < -0.39 is 0 Å². The first-order chi connectivity index (χ1) is 8.75. The monoisotopic (exact) mass is 250 g/mol. The van der Waals surface area contributed by atoms with Crippen LogP contribution in [0.1, 0.15) is 31.7 Å². The molecular formula is C14H26N4. The molecule has 0 amide bonds. The van der Waals surface area contributed by atoms with Crippen LogP contribution in [0.2, 0.25) is 0 Å². The Morgan fingerprint density at radius 2 is 2.33 bits per heavy atom. The highest BCUT2D eigenvalue weighted by Gasteiger charge is 2.17. The third kappa shape index (κ3) is 4.10. The van der Waals surface area contributed by atoms with Crippen molar-refractivity contribution in [3.8, 4) is 0 Å².